The van der Waals surface area contributed by atoms with Crippen molar-refractivity contribution in [3.63, 3.8) is 0 Å². The van der Waals surface area contributed by atoms with Crippen molar-refractivity contribution in [2.75, 3.05) is 11.9 Å². The number of benzene rings is 2. The van der Waals surface area contributed by atoms with Gasteiger partial charge in [-0.3, -0.25) is 4.79 Å². The SMILES string of the molecule is CC(C)(SC1=CCNc2ccc(-c3ccccc3F)cc21)C(=O)O. The smallest absolute Gasteiger partial charge is 0.319 e. The molecule has 1 aliphatic rings. The van der Waals surface area contributed by atoms with Gasteiger partial charge in [0.05, 0.1) is 0 Å². The van der Waals surface area contributed by atoms with Gasteiger partial charge in [-0.2, -0.15) is 0 Å². The van der Waals surface area contributed by atoms with Gasteiger partial charge in [-0.15, -0.1) is 11.8 Å². The third-order valence-electron chi connectivity index (χ3n) is 3.93. The molecule has 3 nitrogen and oxygen atoms in total. The molecule has 0 saturated carbocycles. The molecule has 2 N–H and O–H groups in total. The lowest BCUT2D eigenvalue weighted by atomic mass is 10.00. The van der Waals surface area contributed by atoms with Crippen LogP contribution in [0.1, 0.15) is 19.4 Å². The van der Waals surface area contributed by atoms with Crippen molar-refractivity contribution in [2.24, 2.45) is 0 Å². The number of nitrogens with one attached hydrogen (secondary N) is 1. The van der Waals surface area contributed by atoms with Crippen LogP contribution in [0.2, 0.25) is 0 Å². The quantitative estimate of drug-likeness (QED) is 0.833. The van der Waals surface area contributed by atoms with Crippen LogP contribution in [0.4, 0.5) is 10.1 Å². The van der Waals surface area contributed by atoms with E-state index >= 15 is 0 Å². The van der Waals surface area contributed by atoms with E-state index in [9.17, 15) is 14.3 Å². The number of anilines is 1. The Kier molecular flexibility index (Phi) is 4.37. The van der Waals surface area contributed by atoms with E-state index in [1.54, 1.807) is 32.0 Å². The average Bonchev–Trinajstić information content (AvgIpc) is 2.55. The Balaban J connectivity index is 2.02. The predicted molar refractivity (Wildman–Crippen MR) is 97.6 cm³/mol. The van der Waals surface area contributed by atoms with Gasteiger partial charge in [0.25, 0.3) is 0 Å². The van der Waals surface area contributed by atoms with Gasteiger partial charge in [0.2, 0.25) is 0 Å². The molecule has 0 aromatic heterocycles. The molecule has 0 aliphatic carbocycles. The van der Waals surface area contributed by atoms with Crippen molar-refractivity contribution in [2.45, 2.75) is 18.6 Å². The number of carbonyl (C=O) groups is 1. The molecule has 0 atom stereocenters. The first-order valence-corrected chi connectivity index (χ1v) is 8.46. The third-order valence-corrected chi connectivity index (χ3v) is 5.22. The summed E-state index contributed by atoms with van der Waals surface area (Å²) in [6, 6.07) is 12.3. The summed E-state index contributed by atoms with van der Waals surface area (Å²) in [5.74, 6) is -1.14. The van der Waals surface area contributed by atoms with Gasteiger partial charge in [0.1, 0.15) is 10.6 Å². The third kappa shape index (κ3) is 3.17. The van der Waals surface area contributed by atoms with Crippen molar-refractivity contribution in [1.29, 1.82) is 0 Å². The van der Waals surface area contributed by atoms with Gasteiger partial charge in [-0.05, 0) is 37.6 Å². The lowest BCUT2D eigenvalue weighted by Crippen LogP contribution is -2.27. The zero-order valence-corrected chi connectivity index (χ0v) is 14.3. The summed E-state index contributed by atoms with van der Waals surface area (Å²) in [4.78, 5) is 12.3. The summed E-state index contributed by atoms with van der Waals surface area (Å²) in [5.41, 5.74) is 3.14. The van der Waals surface area contributed by atoms with Gasteiger partial charge < -0.3 is 10.4 Å². The summed E-state index contributed by atoms with van der Waals surface area (Å²) < 4.78 is 13.1. The maximum absolute atomic E-state index is 14.1. The molecule has 0 radical (unpaired) electrons. The monoisotopic (exact) mass is 343 g/mol. The maximum atomic E-state index is 14.1. The molecule has 0 saturated heterocycles. The van der Waals surface area contributed by atoms with Crippen LogP contribution >= 0.6 is 11.8 Å². The van der Waals surface area contributed by atoms with Crippen LogP contribution in [0.15, 0.2) is 48.5 Å². The van der Waals surface area contributed by atoms with Crippen LogP contribution in [0.5, 0.6) is 0 Å². The lowest BCUT2D eigenvalue weighted by molar-refractivity contribution is -0.138. The first kappa shape index (κ1) is 16.6. The maximum Gasteiger partial charge on any atom is 0.319 e. The van der Waals surface area contributed by atoms with Crippen LogP contribution < -0.4 is 5.32 Å². The number of thioether (sulfide) groups is 1. The van der Waals surface area contributed by atoms with E-state index < -0.39 is 10.7 Å². The predicted octanol–water partition coefficient (Wildman–Crippen LogP) is 4.86. The van der Waals surface area contributed by atoms with E-state index in [4.69, 9.17) is 0 Å². The van der Waals surface area contributed by atoms with Crippen molar-refractivity contribution in [1.82, 2.24) is 0 Å². The fourth-order valence-corrected chi connectivity index (χ4v) is 3.63. The van der Waals surface area contributed by atoms with Gasteiger partial charge in [0.15, 0.2) is 0 Å². The molecule has 1 heterocycles. The molecule has 0 unspecified atom stereocenters. The van der Waals surface area contributed by atoms with E-state index in [0.29, 0.717) is 12.1 Å². The Bertz CT molecular complexity index is 830. The summed E-state index contributed by atoms with van der Waals surface area (Å²) in [5, 5.41) is 12.6. The second kappa shape index (κ2) is 6.32. The van der Waals surface area contributed by atoms with Crippen molar-refractivity contribution >= 4 is 28.3 Å². The standard InChI is InChI=1S/C19H18FNO2S/c1-19(2,18(22)23)24-17-9-10-21-16-8-7-12(11-14(16)17)13-5-3-4-6-15(13)20/h3-9,11,21H,10H2,1-2H3,(H,22,23). The van der Waals surface area contributed by atoms with Crippen molar-refractivity contribution < 1.29 is 14.3 Å². The molecule has 1 aliphatic heterocycles. The molecule has 5 heteroatoms. The normalized spacial score (nSPS) is 13.7. The molecule has 3 rings (SSSR count). The van der Waals surface area contributed by atoms with E-state index in [-0.39, 0.29) is 5.82 Å². The zero-order valence-electron chi connectivity index (χ0n) is 13.5. The number of carboxylic acid groups (broad SMARTS) is 1. The van der Waals surface area contributed by atoms with E-state index in [1.165, 1.54) is 17.8 Å². The highest BCUT2D eigenvalue weighted by molar-refractivity contribution is 8.10. The Hall–Kier alpha value is -2.27. The minimum Gasteiger partial charge on any atom is -0.480 e. The van der Waals surface area contributed by atoms with E-state index in [0.717, 1.165) is 21.7 Å². The zero-order chi connectivity index (χ0) is 17.3. The van der Waals surface area contributed by atoms with Crippen molar-refractivity contribution in [3.05, 3.63) is 59.9 Å². The lowest BCUT2D eigenvalue weighted by Gasteiger charge is -2.25. The van der Waals surface area contributed by atoms with Crippen molar-refractivity contribution in [3.8, 4) is 11.1 Å². The number of carboxylic acids is 1. The average molecular weight is 343 g/mol. The number of rotatable bonds is 4. The topological polar surface area (TPSA) is 49.3 Å². The Morgan fingerprint density at radius 3 is 2.67 bits per heavy atom. The van der Waals surface area contributed by atoms with Crippen LogP contribution in [-0.2, 0) is 4.79 Å². The Labute approximate surface area is 144 Å². The second-order valence-corrected chi connectivity index (χ2v) is 7.77. The molecule has 0 spiro atoms. The summed E-state index contributed by atoms with van der Waals surface area (Å²) in [6.07, 6.45) is 1.98. The fourth-order valence-electron chi connectivity index (χ4n) is 2.54. The first-order valence-electron chi connectivity index (χ1n) is 7.64. The van der Waals surface area contributed by atoms with Gasteiger partial charge >= 0.3 is 5.97 Å². The minimum atomic E-state index is -0.936. The number of hydrogen-bond donors (Lipinski definition) is 2. The summed E-state index contributed by atoms with van der Waals surface area (Å²) in [7, 11) is 0. The molecular formula is C19H18FNO2S. The fraction of sp³-hybridized carbons (Fsp3) is 0.211. The number of fused-ring (bicyclic) bond motifs is 1. The number of hydrogen-bond acceptors (Lipinski definition) is 3. The number of aliphatic carboxylic acids is 1. The van der Waals surface area contributed by atoms with E-state index in [2.05, 4.69) is 5.32 Å². The molecule has 0 amide bonds. The van der Waals surface area contributed by atoms with Gasteiger partial charge in [0, 0.05) is 28.3 Å². The van der Waals surface area contributed by atoms with E-state index in [1.807, 2.05) is 24.3 Å². The first-order chi connectivity index (χ1) is 11.4. The molecule has 124 valence electrons. The molecule has 2 aromatic rings. The van der Waals surface area contributed by atoms with Crippen LogP contribution in [0.25, 0.3) is 16.0 Å². The highest BCUT2D eigenvalue weighted by Crippen LogP contribution is 2.43. The minimum absolute atomic E-state index is 0.273. The largest absolute Gasteiger partial charge is 0.480 e. The Morgan fingerprint density at radius 1 is 1.21 bits per heavy atom. The molecular weight excluding hydrogens is 325 g/mol. The summed E-state index contributed by atoms with van der Waals surface area (Å²) >= 11 is 1.31. The number of halogens is 1. The molecule has 24 heavy (non-hydrogen) atoms. The molecule has 2 aromatic carbocycles. The van der Waals surface area contributed by atoms with Gasteiger partial charge in [-0.25, -0.2) is 4.39 Å². The Morgan fingerprint density at radius 2 is 1.96 bits per heavy atom. The van der Waals surface area contributed by atoms with Gasteiger partial charge in [-0.1, -0.05) is 30.3 Å². The van der Waals surface area contributed by atoms with Crippen LogP contribution in [0, 0.1) is 5.82 Å². The van der Waals surface area contributed by atoms with Crippen LogP contribution in [0.3, 0.4) is 0 Å². The molecule has 0 fully saturated rings. The highest BCUT2D eigenvalue weighted by Gasteiger charge is 2.31. The highest BCUT2D eigenvalue weighted by atomic mass is 32.2. The second-order valence-electron chi connectivity index (χ2n) is 6.11. The molecule has 0 bridgehead atoms. The van der Waals surface area contributed by atoms with Crippen LogP contribution in [-0.4, -0.2) is 22.4 Å². The summed E-state index contributed by atoms with van der Waals surface area (Å²) in [6.45, 7) is 4.01.